The van der Waals surface area contributed by atoms with Gasteiger partial charge in [0.15, 0.2) is 0 Å². The summed E-state index contributed by atoms with van der Waals surface area (Å²) in [6.45, 7) is 6.91. The zero-order valence-corrected chi connectivity index (χ0v) is 14.1. The first-order chi connectivity index (χ1) is 9.47. The van der Waals surface area contributed by atoms with E-state index in [2.05, 4.69) is 44.3 Å². The molecule has 114 valence electrons. The van der Waals surface area contributed by atoms with Crippen LogP contribution < -0.4 is 10.2 Å². The highest BCUT2D eigenvalue weighted by Crippen LogP contribution is 2.25. The number of benzene rings is 1. The van der Waals surface area contributed by atoms with Crippen LogP contribution in [0.1, 0.15) is 32.8 Å². The number of halogens is 1. The summed E-state index contributed by atoms with van der Waals surface area (Å²) >= 11 is 1.85. The van der Waals surface area contributed by atoms with Crippen molar-refractivity contribution in [3.8, 4) is 0 Å². The van der Waals surface area contributed by atoms with E-state index in [1.54, 1.807) is 12.1 Å². The summed E-state index contributed by atoms with van der Waals surface area (Å²) in [5.41, 5.74) is 1.76. The average molecular weight is 298 g/mol. The molecule has 0 amide bonds. The van der Waals surface area contributed by atoms with E-state index in [9.17, 15) is 4.39 Å². The van der Waals surface area contributed by atoms with Crippen LogP contribution in [-0.4, -0.2) is 31.1 Å². The van der Waals surface area contributed by atoms with Gasteiger partial charge in [0.25, 0.3) is 0 Å². The fourth-order valence-corrected chi connectivity index (χ4v) is 2.66. The highest BCUT2D eigenvalue weighted by atomic mass is 32.2. The second-order valence-electron chi connectivity index (χ2n) is 5.51. The third-order valence-corrected chi connectivity index (χ3v) is 4.21. The standard InChI is InChI=1S/C16H27FN2S/c1-12(2)18-11-14-15(17)7-6-8-16(14)19(4)13(3)9-10-20-5/h6-8,12-13,18H,9-11H2,1-5H3. The summed E-state index contributed by atoms with van der Waals surface area (Å²) in [5, 5.41) is 3.31. The molecule has 0 aliphatic heterocycles. The smallest absolute Gasteiger partial charge is 0.129 e. The lowest BCUT2D eigenvalue weighted by atomic mass is 10.1. The van der Waals surface area contributed by atoms with Crippen molar-refractivity contribution in [2.24, 2.45) is 0 Å². The Kier molecular flexibility index (Phi) is 7.38. The maximum atomic E-state index is 14.1. The SMILES string of the molecule is CSCCC(C)N(C)c1cccc(F)c1CNC(C)C. The van der Waals surface area contributed by atoms with Crippen LogP contribution in [0.25, 0.3) is 0 Å². The number of hydrogen-bond donors (Lipinski definition) is 1. The minimum atomic E-state index is -0.125. The van der Waals surface area contributed by atoms with E-state index in [4.69, 9.17) is 0 Å². The van der Waals surface area contributed by atoms with Crippen LogP contribution in [-0.2, 0) is 6.54 Å². The van der Waals surface area contributed by atoms with Crippen molar-refractivity contribution in [3.63, 3.8) is 0 Å². The molecular formula is C16H27FN2S. The van der Waals surface area contributed by atoms with Gasteiger partial charge >= 0.3 is 0 Å². The molecule has 0 spiro atoms. The van der Waals surface area contributed by atoms with Gasteiger partial charge in [-0.05, 0) is 37.5 Å². The van der Waals surface area contributed by atoms with Gasteiger partial charge < -0.3 is 10.2 Å². The van der Waals surface area contributed by atoms with Crippen molar-refractivity contribution in [3.05, 3.63) is 29.6 Å². The number of thioether (sulfide) groups is 1. The van der Waals surface area contributed by atoms with Crippen molar-refractivity contribution in [2.75, 3.05) is 24.0 Å². The third-order valence-electron chi connectivity index (χ3n) is 3.56. The maximum absolute atomic E-state index is 14.1. The summed E-state index contributed by atoms with van der Waals surface area (Å²) in [5.74, 6) is 1.000. The molecule has 0 aromatic heterocycles. The minimum Gasteiger partial charge on any atom is -0.372 e. The number of nitrogens with one attached hydrogen (secondary N) is 1. The Morgan fingerprint density at radius 3 is 2.60 bits per heavy atom. The van der Waals surface area contributed by atoms with Crippen LogP contribution >= 0.6 is 11.8 Å². The number of hydrogen-bond acceptors (Lipinski definition) is 3. The molecule has 0 saturated heterocycles. The van der Waals surface area contributed by atoms with Crippen LogP contribution in [0.3, 0.4) is 0 Å². The predicted octanol–water partition coefficient (Wildman–Crippen LogP) is 3.90. The van der Waals surface area contributed by atoms with Gasteiger partial charge in [-0.1, -0.05) is 19.9 Å². The number of nitrogens with zero attached hydrogens (tertiary/aromatic N) is 1. The minimum absolute atomic E-state index is 0.125. The molecule has 0 heterocycles. The van der Waals surface area contributed by atoms with Crippen molar-refractivity contribution in [1.29, 1.82) is 0 Å². The number of rotatable bonds is 8. The second kappa shape index (κ2) is 8.53. The van der Waals surface area contributed by atoms with Crippen molar-refractivity contribution < 1.29 is 4.39 Å². The predicted molar refractivity (Wildman–Crippen MR) is 89.2 cm³/mol. The van der Waals surface area contributed by atoms with Gasteiger partial charge in [0.1, 0.15) is 5.82 Å². The molecule has 1 atom stereocenters. The highest BCUT2D eigenvalue weighted by molar-refractivity contribution is 7.98. The van der Waals surface area contributed by atoms with Crippen molar-refractivity contribution in [1.82, 2.24) is 5.32 Å². The molecule has 1 aromatic carbocycles. The van der Waals surface area contributed by atoms with Gasteiger partial charge in [-0.25, -0.2) is 4.39 Å². The average Bonchev–Trinajstić information content (AvgIpc) is 2.42. The maximum Gasteiger partial charge on any atom is 0.129 e. The zero-order chi connectivity index (χ0) is 15.1. The lowest BCUT2D eigenvalue weighted by Gasteiger charge is -2.29. The summed E-state index contributed by atoms with van der Waals surface area (Å²) in [4.78, 5) is 2.19. The first kappa shape index (κ1) is 17.3. The summed E-state index contributed by atoms with van der Waals surface area (Å²) in [7, 11) is 2.05. The van der Waals surface area contributed by atoms with E-state index in [1.165, 1.54) is 0 Å². The Labute approximate surface area is 127 Å². The Balaban J connectivity index is 2.89. The van der Waals surface area contributed by atoms with Gasteiger partial charge in [0.2, 0.25) is 0 Å². The van der Waals surface area contributed by atoms with Crippen LogP contribution in [0.15, 0.2) is 18.2 Å². The molecule has 0 radical (unpaired) electrons. The fourth-order valence-electron chi connectivity index (χ4n) is 2.08. The Bertz CT molecular complexity index is 409. The Hall–Kier alpha value is -0.740. The molecule has 0 bridgehead atoms. The molecule has 1 unspecified atom stereocenters. The first-order valence-corrected chi connectivity index (χ1v) is 8.59. The number of anilines is 1. The van der Waals surface area contributed by atoms with Crippen LogP contribution in [0.2, 0.25) is 0 Å². The Morgan fingerprint density at radius 2 is 2.00 bits per heavy atom. The van der Waals surface area contributed by atoms with E-state index in [0.717, 1.165) is 23.4 Å². The molecule has 0 aliphatic rings. The fraction of sp³-hybridized carbons (Fsp3) is 0.625. The molecule has 0 saturated carbocycles. The van der Waals surface area contributed by atoms with Gasteiger partial charge in [-0.2, -0.15) is 11.8 Å². The molecule has 0 fully saturated rings. The summed E-state index contributed by atoms with van der Waals surface area (Å²) in [6, 6.07) is 6.10. The normalized spacial score (nSPS) is 12.8. The second-order valence-corrected chi connectivity index (χ2v) is 6.50. The highest BCUT2D eigenvalue weighted by Gasteiger charge is 2.16. The molecular weight excluding hydrogens is 271 g/mol. The molecule has 1 N–H and O–H groups in total. The molecule has 0 aliphatic carbocycles. The van der Waals surface area contributed by atoms with Crippen molar-refractivity contribution >= 4 is 17.4 Å². The quantitative estimate of drug-likeness (QED) is 0.783. The lowest BCUT2D eigenvalue weighted by molar-refractivity contribution is 0.550. The van der Waals surface area contributed by atoms with Gasteiger partial charge in [-0.3, -0.25) is 0 Å². The monoisotopic (exact) mass is 298 g/mol. The third kappa shape index (κ3) is 4.98. The summed E-state index contributed by atoms with van der Waals surface area (Å²) < 4.78 is 14.1. The van der Waals surface area contributed by atoms with E-state index < -0.39 is 0 Å². The van der Waals surface area contributed by atoms with Gasteiger partial charge in [0.05, 0.1) is 0 Å². The van der Waals surface area contributed by atoms with Crippen LogP contribution in [0, 0.1) is 5.82 Å². The van der Waals surface area contributed by atoms with Crippen LogP contribution in [0.4, 0.5) is 10.1 Å². The zero-order valence-electron chi connectivity index (χ0n) is 13.2. The van der Waals surface area contributed by atoms with E-state index >= 15 is 0 Å². The molecule has 2 nitrogen and oxygen atoms in total. The summed E-state index contributed by atoms with van der Waals surface area (Å²) in [6.07, 6.45) is 3.22. The molecule has 1 rings (SSSR count). The van der Waals surface area contributed by atoms with Gasteiger partial charge in [-0.15, -0.1) is 0 Å². The van der Waals surface area contributed by atoms with Crippen LogP contribution in [0.5, 0.6) is 0 Å². The molecule has 1 aromatic rings. The molecule has 20 heavy (non-hydrogen) atoms. The molecule has 4 heteroatoms. The van der Waals surface area contributed by atoms with E-state index in [-0.39, 0.29) is 5.82 Å². The first-order valence-electron chi connectivity index (χ1n) is 7.20. The van der Waals surface area contributed by atoms with Gasteiger partial charge in [0, 0.05) is 36.9 Å². The van der Waals surface area contributed by atoms with E-state index in [0.29, 0.717) is 18.6 Å². The lowest BCUT2D eigenvalue weighted by Crippen LogP contribution is -2.31. The van der Waals surface area contributed by atoms with E-state index in [1.807, 2.05) is 17.8 Å². The van der Waals surface area contributed by atoms with Crippen molar-refractivity contribution in [2.45, 2.75) is 45.8 Å². The largest absolute Gasteiger partial charge is 0.372 e. The topological polar surface area (TPSA) is 15.3 Å². The Morgan fingerprint density at radius 1 is 1.30 bits per heavy atom.